The summed E-state index contributed by atoms with van der Waals surface area (Å²) in [5, 5.41) is 13.3. The van der Waals surface area contributed by atoms with Gasteiger partial charge in [0.15, 0.2) is 5.13 Å². The van der Waals surface area contributed by atoms with Gasteiger partial charge in [-0.3, -0.25) is 9.52 Å². The van der Waals surface area contributed by atoms with E-state index in [2.05, 4.69) is 15.0 Å². The van der Waals surface area contributed by atoms with E-state index in [1.165, 1.54) is 12.1 Å². The van der Waals surface area contributed by atoms with Crippen LogP contribution in [0.3, 0.4) is 0 Å². The van der Waals surface area contributed by atoms with Crippen molar-refractivity contribution in [2.45, 2.75) is 11.3 Å². The normalized spacial score (nSPS) is 10.8. The summed E-state index contributed by atoms with van der Waals surface area (Å²) in [4.78, 5) is 16.4. The predicted octanol–water partition coefficient (Wildman–Crippen LogP) is 3.00. The Hall–Kier alpha value is -3.22. The molecule has 3 rings (SSSR count). The number of nitrogens with one attached hydrogen (secondary N) is 2. The number of anilines is 2. The van der Waals surface area contributed by atoms with Crippen LogP contribution >= 0.6 is 11.3 Å². The fourth-order valence-corrected chi connectivity index (χ4v) is 4.19. The molecule has 0 aliphatic carbocycles. The maximum absolute atomic E-state index is 12.3. The number of carbonyl (C=O) groups excluding carboxylic acids is 1. The number of amides is 1. The number of nitrogens with zero attached hydrogens (tertiary/aromatic N) is 2. The second-order valence-corrected chi connectivity index (χ2v) is 8.02. The first kappa shape index (κ1) is 18.6. The summed E-state index contributed by atoms with van der Waals surface area (Å²) in [6.07, 6.45) is 0.00354. The predicted molar refractivity (Wildman–Crippen MR) is 103 cm³/mol. The smallest absolute Gasteiger partial charge is 0.263 e. The van der Waals surface area contributed by atoms with Crippen molar-refractivity contribution in [2.75, 3.05) is 10.0 Å². The Labute approximate surface area is 160 Å². The number of sulfonamides is 1. The number of thiazole rings is 1. The van der Waals surface area contributed by atoms with E-state index in [1.54, 1.807) is 47.8 Å². The first-order chi connectivity index (χ1) is 13.0. The Morgan fingerprint density at radius 1 is 1.11 bits per heavy atom. The van der Waals surface area contributed by atoms with Gasteiger partial charge in [0.2, 0.25) is 5.91 Å². The van der Waals surface area contributed by atoms with Gasteiger partial charge >= 0.3 is 0 Å². The summed E-state index contributed by atoms with van der Waals surface area (Å²) in [5.74, 6) is -0.289. The van der Waals surface area contributed by atoms with Gasteiger partial charge < -0.3 is 5.32 Å². The Morgan fingerprint density at radius 2 is 1.81 bits per heavy atom. The molecule has 0 saturated heterocycles. The number of hydrogen-bond acceptors (Lipinski definition) is 6. The Kier molecular flexibility index (Phi) is 5.49. The van der Waals surface area contributed by atoms with E-state index in [1.807, 2.05) is 6.07 Å². The highest BCUT2D eigenvalue weighted by molar-refractivity contribution is 7.93. The Morgan fingerprint density at radius 3 is 2.48 bits per heavy atom. The van der Waals surface area contributed by atoms with E-state index < -0.39 is 10.0 Å². The van der Waals surface area contributed by atoms with Crippen LogP contribution in [0.25, 0.3) is 0 Å². The molecule has 136 valence electrons. The van der Waals surface area contributed by atoms with Gasteiger partial charge in [0.05, 0.1) is 28.6 Å². The lowest BCUT2D eigenvalue weighted by atomic mass is 10.2. The van der Waals surface area contributed by atoms with Crippen molar-refractivity contribution >= 4 is 38.1 Å². The molecule has 0 aliphatic rings. The van der Waals surface area contributed by atoms with Crippen molar-refractivity contribution < 1.29 is 13.2 Å². The molecule has 0 aliphatic heterocycles. The highest BCUT2D eigenvalue weighted by atomic mass is 32.2. The summed E-state index contributed by atoms with van der Waals surface area (Å²) in [5.41, 5.74) is 1.53. The molecule has 3 aromatic rings. The van der Waals surface area contributed by atoms with Gasteiger partial charge in [-0.15, -0.1) is 11.3 Å². The Balaban J connectivity index is 1.62. The number of nitriles is 1. The molecule has 2 aromatic carbocycles. The van der Waals surface area contributed by atoms with Crippen molar-refractivity contribution in [1.29, 1.82) is 5.26 Å². The zero-order valence-corrected chi connectivity index (χ0v) is 15.5. The fraction of sp³-hybridized carbons (Fsp3) is 0.0556. The minimum Gasteiger partial charge on any atom is -0.326 e. The first-order valence-corrected chi connectivity index (χ1v) is 10.1. The average Bonchev–Trinajstić information content (AvgIpc) is 3.09. The molecule has 0 atom stereocenters. The van der Waals surface area contributed by atoms with Crippen LogP contribution in [0, 0.1) is 11.3 Å². The molecule has 7 nitrogen and oxygen atoms in total. The number of aromatic nitrogens is 1. The molecule has 27 heavy (non-hydrogen) atoms. The lowest BCUT2D eigenvalue weighted by Crippen LogP contribution is -2.15. The molecule has 2 N–H and O–H groups in total. The summed E-state index contributed by atoms with van der Waals surface area (Å²) in [7, 11) is -3.71. The van der Waals surface area contributed by atoms with Crippen LogP contribution < -0.4 is 10.0 Å². The summed E-state index contributed by atoms with van der Waals surface area (Å²) in [6.45, 7) is 0. The molecule has 1 aromatic heterocycles. The molecule has 0 radical (unpaired) electrons. The molecule has 1 heterocycles. The van der Waals surface area contributed by atoms with Crippen molar-refractivity contribution in [1.82, 2.24) is 4.98 Å². The molecule has 1 amide bonds. The van der Waals surface area contributed by atoms with E-state index in [0.717, 1.165) is 11.3 Å². The topological polar surface area (TPSA) is 112 Å². The molecule has 9 heteroatoms. The van der Waals surface area contributed by atoms with E-state index in [9.17, 15) is 13.2 Å². The minimum absolute atomic E-state index is 0.00354. The van der Waals surface area contributed by atoms with Gasteiger partial charge in [-0.1, -0.05) is 18.2 Å². The van der Waals surface area contributed by atoms with Crippen molar-refractivity contribution in [3.8, 4) is 6.07 Å². The molecule has 0 spiro atoms. The van der Waals surface area contributed by atoms with Gasteiger partial charge in [-0.05, 0) is 36.4 Å². The van der Waals surface area contributed by atoms with Gasteiger partial charge in [0.25, 0.3) is 10.0 Å². The fourth-order valence-electron chi connectivity index (χ4n) is 2.21. The van der Waals surface area contributed by atoms with Gasteiger partial charge in [-0.25, -0.2) is 13.4 Å². The van der Waals surface area contributed by atoms with Crippen LogP contribution in [0.2, 0.25) is 0 Å². The van der Waals surface area contributed by atoms with Crippen molar-refractivity contribution in [3.63, 3.8) is 0 Å². The first-order valence-electron chi connectivity index (χ1n) is 7.78. The van der Waals surface area contributed by atoms with E-state index in [4.69, 9.17) is 5.26 Å². The highest BCUT2D eigenvalue weighted by Gasteiger charge is 2.16. The summed E-state index contributed by atoms with van der Waals surface area (Å²) >= 11 is 1.11. The molecular formula is C18H14N4O3S2. The van der Waals surface area contributed by atoms with Gasteiger partial charge in [0.1, 0.15) is 0 Å². The largest absolute Gasteiger partial charge is 0.326 e. The standard InChI is InChI=1S/C18H14N4O3S2/c19-11-13-6-8-14(9-7-13)20-17(23)10-15-12-26-18(21-15)22-27(24,25)16-4-2-1-3-5-16/h1-9,12H,10H2,(H,20,23)(H,21,22). The minimum atomic E-state index is -3.71. The third kappa shape index (κ3) is 4.91. The monoisotopic (exact) mass is 398 g/mol. The van der Waals surface area contributed by atoms with Gasteiger partial charge in [0, 0.05) is 11.1 Å². The van der Waals surface area contributed by atoms with Crippen LogP contribution in [0.15, 0.2) is 64.9 Å². The average molecular weight is 398 g/mol. The van der Waals surface area contributed by atoms with Gasteiger partial charge in [-0.2, -0.15) is 5.26 Å². The maximum atomic E-state index is 12.3. The van der Waals surface area contributed by atoms with E-state index in [-0.39, 0.29) is 22.4 Å². The quantitative estimate of drug-likeness (QED) is 0.663. The number of rotatable bonds is 6. The second kappa shape index (κ2) is 7.99. The molecule has 0 bridgehead atoms. The lowest BCUT2D eigenvalue weighted by Gasteiger charge is -2.05. The van der Waals surface area contributed by atoms with Crippen molar-refractivity contribution in [2.24, 2.45) is 0 Å². The van der Waals surface area contributed by atoms with Crippen LogP contribution in [-0.2, 0) is 21.2 Å². The third-order valence-corrected chi connectivity index (χ3v) is 5.76. The van der Waals surface area contributed by atoms with Crippen molar-refractivity contribution in [3.05, 3.63) is 71.2 Å². The summed E-state index contributed by atoms with van der Waals surface area (Å²) < 4.78 is 27.0. The third-order valence-electron chi connectivity index (χ3n) is 3.47. The lowest BCUT2D eigenvalue weighted by molar-refractivity contribution is -0.115. The van der Waals surface area contributed by atoms with Crippen LogP contribution in [-0.4, -0.2) is 19.3 Å². The maximum Gasteiger partial charge on any atom is 0.263 e. The molecular weight excluding hydrogens is 384 g/mol. The van der Waals surface area contributed by atoms with Crippen LogP contribution in [0.4, 0.5) is 10.8 Å². The number of hydrogen-bond donors (Lipinski definition) is 2. The van der Waals surface area contributed by atoms with Crippen LogP contribution in [0.5, 0.6) is 0 Å². The Bertz CT molecular complexity index is 1090. The SMILES string of the molecule is N#Cc1ccc(NC(=O)Cc2csc(NS(=O)(=O)c3ccccc3)n2)cc1. The number of benzene rings is 2. The second-order valence-electron chi connectivity index (χ2n) is 5.48. The number of carbonyl (C=O) groups is 1. The highest BCUT2D eigenvalue weighted by Crippen LogP contribution is 2.20. The van der Waals surface area contributed by atoms with Crippen LogP contribution in [0.1, 0.15) is 11.3 Å². The zero-order valence-electron chi connectivity index (χ0n) is 13.9. The molecule has 0 fully saturated rings. The zero-order chi connectivity index (χ0) is 19.3. The van der Waals surface area contributed by atoms with E-state index >= 15 is 0 Å². The summed E-state index contributed by atoms with van der Waals surface area (Å²) in [6, 6.07) is 16.5. The molecule has 0 unspecified atom stereocenters. The van der Waals surface area contributed by atoms with E-state index in [0.29, 0.717) is 16.9 Å². The molecule has 0 saturated carbocycles.